The summed E-state index contributed by atoms with van der Waals surface area (Å²) in [5.74, 6) is -0.645. The first-order valence-electron chi connectivity index (χ1n) is 20.1. The average Bonchev–Trinajstić information content (AvgIpc) is 3.12. The van der Waals surface area contributed by atoms with E-state index < -0.39 is 6.10 Å². The smallest absolute Gasteiger partial charge is 0.306 e. The number of hydrogen-bond donors (Lipinski definition) is 1. The predicted molar refractivity (Wildman–Crippen MR) is 214 cm³/mol. The van der Waals surface area contributed by atoms with Crippen LogP contribution in [-0.4, -0.2) is 36.4 Å². The summed E-state index contributed by atoms with van der Waals surface area (Å²) in [5, 5.41) is 9.56. The zero-order valence-corrected chi connectivity index (χ0v) is 32.1. The topological polar surface area (TPSA) is 72.8 Å². The summed E-state index contributed by atoms with van der Waals surface area (Å²) in [5.41, 5.74) is 0. The molecule has 0 heterocycles. The number of unbranched alkanes of at least 4 members (excludes halogenated alkanes) is 13. The van der Waals surface area contributed by atoms with Gasteiger partial charge in [-0.3, -0.25) is 9.59 Å². The zero-order valence-electron chi connectivity index (χ0n) is 32.1. The highest BCUT2D eigenvalue weighted by atomic mass is 16.6. The van der Waals surface area contributed by atoms with Gasteiger partial charge in [0.15, 0.2) is 6.10 Å². The summed E-state index contributed by atoms with van der Waals surface area (Å²) in [7, 11) is 0. The molecule has 50 heavy (non-hydrogen) atoms. The third-order valence-corrected chi connectivity index (χ3v) is 8.17. The van der Waals surface area contributed by atoms with Crippen molar-refractivity contribution in [1.82, 2.24) is 0 Å². The van der Waals surface area contributed by atoms with Gasteiger partial charge in [-0.2, -0.15) is 0 Å². The minimum atomic E-state index is -0.797. The quantitative estimate of drug-likeness (QED) is 0.0406. The molecular formula is C45H74O5. The van der Waals surface area contributed by atoms with Crippen LogP contribution >= 0.6 is 0 Å². The molecule has 1 N–H and O–H groups in total. The molecule has 0 fully saturated rings. The van der Waals surface area contributed by atoms with E-state index in [9.17, 15) is 14.7 Å². The molecule has 0 saturated carbocycles. The molecule has 0 aromatic heterocycles. The molecule has 0 amide bonds. The predicted octanol–water partition coefficient (Wildman–Crippen LogP) is 12.7. The van der Waals surface area contributed by atoms with Crippen LogP contribution in [0, 0.1) is 0 Å². The number of carbonyl (C=O) groups excluding carboxylic acids is 2. The van der Waals surface area contributed by atoms with Gasteiger partial charge in [0.2, 0.25) is 0 Å². The highest BCUT2D eigenvalue weighted by molar-refractivity contribution is 5.70. The summed E-state index contributed by atoms with van der Waals surface area (Å²) in [6.45, 7) is 3.95. The third kappa shape index (κ3) is 37.9. The van der Waals surface area contributed by atoms with Crippen LogP contribution in [0.15, 0.2) is 85.1 Å². The Morgan fingerprint density at radius 1 is 0.480 bits per heavy atom. The second-order valence-corrected chi connectivity index (χ2v) is 13.0. The minimum absolute atomic E-state index is 0.0885. The van der Waals surface area contributed by atoms with Crippen LogP contribution in [0.4, 0.5) is 0 Å². The van der Waals surface area contributed by atoms with Gasteiger partial charge in [0.25, 0.3) is 0 Å². The van der Waals surface area contributed by atoms with E-state index in [0.29, 0.717) is 12.8 Å². The van der Waals surface area contributed by atoms with Gasteiger partial charge in [-0.15, -0.1) is 0 Å². The van der Waals surface area contributed by atoms with Gasteiger partial charge in [-0.1, -0.05) is 150 Å². The second kappa shape index (κ2) is 40.5. The van der Waals surface area contributed by atoms with Gasteiger partial charge < -0.3 is 14.6 Å². The molecule has 0 rings (SSSR count). The Labute approximate surface area is 307 Å². The minimum Gasteiger partial charge on any atom is -0.462 e. The van der Waals surface area contributed by atoms with Crippen LogP contribution in [0.2, 0.25) is 0 Å². The molecule has 0 aromatic rings. The van der Waals surface area contributed by atoms with Crippen molar-refractivity contribution < 1.29 is 24.2 Å². The molecule has 284 valence electrons. The van der Waals surface area contributed by atoms with Gasteiger partial charge in [-0.25, -0.2) is 0 Å². The first kappa shape index (κ1) is 47.1. The van der Waals surface area contributed by atoms with Crippen molar-refractivity contribution in [2.24, 2.45) is 0 Å². The van der Waals surface area contributed by atoms with Crippen molar-refractivity contribution in [2.45, 2.75) is 174 Å². The number of carbonyl (C=O) groups is 2. The normalized spacial score (nSPS) is 13.1. The molecule has 0 aliphatic rings. The highest BCUT2D eigenvalue weighted by Crippen LogP contribution is 2.12. The van der Waals surface area contributed by atoms with Crippen molar-refractivity contribution in [3.8, 4) is 0 Å². The van der Waals surface area contributed by atoms with Crippen molar-refractivity contribution in [2.75, 3.05) is 13.2 Å². The van der Waals surface area contributed by atoms with Gasteiger partial charge in [0.05, 0.1) is 6.61 Å². The van der Waals surface area contributed by atoms with Crippen molar-refractivity contribution >= 4 is 11.9 Å². The molecule has 0 aliphatic carbocycles. The molecule has 0 radical (unpaired) electrons. The maximum Gasteiger partial charge on any atom is 0.306 e. The molecule has 0 spiro atoms. The summed E-state index contributed by atoms with van der Waals surface area (Å²) in [4.78, 5) is 24.3. The molecular weight excluding hydrogens is 620 g/mol. The number of allylic oxidation sites excluding steroid dienone is 14. The van der Waals surface area contributed by atoms with Gasteiger partial charge >= 0.3 is 11.9 Å². The standard InChI is InChI=1S/C45H74O5/c1-3-5-7-9-11-13-15-17-19-21-22-24-26-28-30-32-34-36-38-40-45(48)50-43(41-46)42-49-44(47)39-37-35-33-31-29-27-25-23-20-18-16-14-12-10-8-6-4-2/h5,7,11-14,17-20,22,24,28,30,43,46H,3-4,6,8-10,15-16,21,23,25-27,29,31-42H2,1-2H3/b7-5+,13-11+,14-12+,19-17+,20-18+,24-22+,30-28+/t43-/m0/s1. The van der Waals surface area contributed by atoms with Crippen LogP contribution in [0.25, 0.3) is 0 Å². The van der Waals surface area contributed by atoms with E-state index in [0.717, 1.165) is 89.9 Å². The Kier molecular flexibility index (Phi) is 38.1. The van der Waals surface area contributed by atoms with Crippen LogP contribution in [0.3, 0.4) is 0 Å². The molecule has 0 saturated heterocycles. The summed E-state index contributed by atoms with van der Waals surface area (Å²) in [6, 6.07) is 0. The Balaban J connectivity index is 3.67. The lowest BCUT2D eigenvalue weighted by Gasteiger charge is -2.15. The molecule has 1 atom stereocenters. The lowest BCUT2D eigenvalue weighted by atomic mass is 10.1. The molecule has 0 bridgehead atoms. The van der Waals surface area contributed by atoms with E-state index in [1.807, 2.05) is 0 Å². The first-order chi connectivity index (χ1) is 24.6. The van der Waals surface area contributed by atoms with Gasteiger partial charge in [0.1, 0.15) is 6.61 Å². The summed E-state index contributed by atoms with van der Waals surface area (Å²) < 4.78 is 10.6. The van der Waals surface area contributed by atoms with Crippen LogP contribution < -0.4 is 0 Å². The van der Waals surface area contributed by atoms with Gasteiger partial charge in [0, 0.05) is 12.8 Å². The summed E-state index contributed by atoms with van der Waals surface area (Å²) in [6.07, 6.45) is 54.9. The number of hydrogen-bond acceptors (Lipinski definition) is 5. The Morgan fingerprint density at radius 3 is 1.32 bits per heavy atom. The summed E-state index contributed by atoms with van der Waals surface area (Å²) >= 11 is 0. The van der Waals surface area contributed by atoms with Crippen LogP contribution in [0.5, 0.6) is 0 Å². The van der Waals surface area contributed by atoms with Crippen LogP contribution in [0.1, 0.15) is 168 Å². The van der Waals surface area contributed by atoms with E-state index in [1.165, 1.54) is 51.4 Å². The van der Waals surface area contributed by atoms with E-state index in [2.05, 4.69) is 98.9 Å². The van der Waals surface area contributed by atoms with Gasteiger partial charge in [-0.05, 0) is 89.9 Å². The Bertz CT molecular complexity index is 968. The maximum atomic E-state index is 12.2. The van der Waals surface area contributed by atoms with E-state index in [1.54, 1.807) is 0 Å². The average molecular weight is 695 g/mol. The number of esters is 2. The fourth-order valence-electron chi connectivity index (χ4n) is 5.14. The maximum absolute atomic E-state index is 12.2. The fourth-order valence-corrected chi connectivity index (χ4v) is 5.14. The fraction of sp³-hybridized carbons (Fsp3) is 0.644. The van der Waals surface area contributed by atoms with Crippen molar-refractivity contribution in [1.29, 1.82) is 0 Å². The molecule has 5 heteroatoms. The SMILES string of the molecule is CC/C=C/C/C=C/C/C=C/C/C=C/C/C=C/CCCCCC(=O)O[C@@H](CO)COC(=O)CCCCCCCCC/C=C/C/C=C/CCCCC. The molecule has 0 aromatic carbocycles. The van der Waals surface area contributed by atoms with E-state index in [-0.39, 0.29) is 25.2 Å². The number of aliphatic hydroxyl groups is 1. The van der Waals surface area contributed by atoms with Crippen LogP contribution in [-0.2, 0) is 19.1 Å². The molecule has 0 aliphatic heterocycles. The third-order valence-electron chi connectivity index (χ3n) is 8.17. The van der Waals surface area contributed by atoms with E-state index >= 15 is 0 Å². The number of rotatable bonds is 35. The lowest BCUT2D eigenvalue weighted by Crippen LogP contribution is -2.28. The monoisotopic (exact) mass is 695 g/mol. The largest absolute Gasteiger partial charge is 0.462 e. The lowest BCUT2D eigenvalue weighted by molar-refractivity contribution is -0.161. The zero-order chi connectivity index (χ0) is 36.4. The Hall–Kier alpha value is -2.92. The number of aliphatic hydroxyl groups excluding tert-OH is 1. The second-order valence-electron chi connectivity index (χ2n) is 13.0. The van der Waals surface area contributed by atoms with E-state index in [4.69, 9.17) is 9.47 Å². The highest BCUT2D eigenvalue weighted by Gasteiger charge is 2.16. The molecule has 5 nitrogen and oxygen atoms in total. The Morgan fingerprint density at radius 2 is 0.860 bits per heavy atom. The number of ether oxygens (including phenoxy) is 2. The van der Waals surface area contributed by atoms with Crippen molar-refractivity contribution in [3.05, 3.63) is 85.1 Å². The first-order valence-corrected chi connectivity index (χ1v) is 20.1. The molecule has 0 unspecified atom stereocenters. The van der Waals surface area contributed by atoms with Crippen molar-refractivity contribution in [3.63, 3.8) is 0 Å².